The summed E-state index contributed by atoms with van der Waals surface area (Å²) >= 11 is 0. The second-order valence-corrected chi connectivity index (χ2v) is 7.47. The minimum atomic E-state index is -0.332. The lowest BCUT2D eigenvalue weighted by Gasteiger charge is -2.36. The molecule has 0 bridgehead atoms. The number of amides is 2. The fraction of sp³-hybridized carbons (Fsp3) is 0.304. The molecule has 1 fully saturated rings. The Labute approximate surface area is 180 Å². The van der Waals surface area contributed by atoms with E-state index in [9.17, 15) is 14.4 Å². The van der Waals surface area contributed by atoms with Crippen molar-refractivity contribution in [3.63, 3.8) is 0 Å². The van der Waals surface area contributed by atoms with E-state index in [0.717, 1.165) is 13.1 Å². The van der Waals surface area contributed by atoms with E-state index in [1.165, 1.54) is 16.5 Å². The highest BCUT2D eigenvalue weighted by Gasteiger charge is 2.21. The van der Waals surface area contributed by atoms with E-state index in [-0.39, 0.29) is 36.9 Å². The van der Waals surface area contributed by atoms with E-state index in [1.807, 2.05) is 29.2 Å². The first-order valence-electron chi connectivity index (χ1n) is 10.4. The SMILES string of the molecule is O=C(Cn1c(=O)cnc2ccccc21)NCCC(=O)N1CCN(c2ccccc2)CC1. The fourth-order valence-corrected chi connectivity index (χ4v) is 3.80. The number of benzene rings is 2. The Hall–Kier alpha value is -3.68. The molecule has 8 nitrogen and oxygen atoms in total. The molecule has 160 valence electrons. The molecule has 0 atom stereocenters. The van der Waals surface area contributed by atoms with Gasteiger partial charge in [-0.05, 0) is 24.3 Å². The maximum absolute atomic E-state index is 12.5. The van der Waals surface area contributed by atoms with E-state index in [1.54, 1.807) is 18.2 Å². The van der Waals surface area contributed by atoms with Gasteiger partial charge in [0.1, 0.15) is 6.54 Å². The second kappa shape index (κ2) is 9.42. The molecule has 0 spiro atoms. The van der Waals surface area contributed by atoms with Crippen molar-refractivity contribution in [2.75, 3.05) is 37.6 Å². The molecule has 8 heteroatoms. The van der Waals surface area contributed by atoms with E-state index >= 15 is 0 Å². The molecule has 1 aromatic heterocycles. The van der Waals surface area contributed by atoms with Crippen LogP contribution in [0.5, 0.6) is 0 Å². The van der Waals surface area contributed by atoms with Crippen LogP contribution in [0.15, 0.2) is 65.6 Å². The number of para-hydroxylation sites is 3. The molecule has 3 aromatic rings. The third kappa shape index (κ3) is 4.91. The summed E-state index contributed by atoms with van der Waals surface area (Å²) in [5.41, 5.74) is 2.10. The Bertz CT molecular complexity index is 1120. The predicted octanol–water partition coefficient (Wildman–Crippen LogP) is 1.25. The minimum absolute atomic E-state index is 0.0274. The topological polar surface area (TPSA) is 87.5 Å². The van der Waals surface area contributed by atoms with Crippen molar-refractivity contribution in [2.45, 2.75) is 13.0 Å². The van der Waals surface area contributed by atoms with Gasteiger partial charge in [0.2, 0.25) is 11.8 Å². The molecule has 0 aliphatic carbocycles. The number of anilines is 1. The van der Waals surface area contributed by atoms with Gasteiger partial charge in [-0.3, -0.25) is 19.0 Å². The minimum Gasteiger partial charge on any atom is -0.368 e. The zero-order chi connectivity index (χ0) is 21.6. The number of aromatic nitrogens is 2. The number of carbonyl (C=O) groups is 2. The van der Waals surface area contributed by atoms with Crippen molar-refractivity contribution >= 4 is 28.5 Å². The predicted molar refractivity (Wildman–Crippen MR) is 119 cm³/mol. The van der Waals surface area contributed by atoms with Gasteiger partial charge in [0.05, 0.1) is 17.2 Å². The number of rotatable bonds is 6. The van der Waals surface area contributed by atoms with Crippen LogP contribution in [-0.2, 0) is 16.1 Å². The maximum atomic E-state index is 12.5. The molecule has 1 N–H and O–H groups in total. The van der Waals surface area contributed by atoms with Crippen LogP contribution in [0, 0.1) is 0 Å². The Kier molecular flexibility index (Phi) is 6.26. The molecule has 1 aliphatic heterocycles. The van der Waals surface area contributed by atoms with Crippen LogP contribution < -0.4 is 15.8 Å². The summed E-state index contributed by atoms with van der Waals surface area (Å²) in [7, 11) is 0. The van der Waals surface area contributed by atoms with Crippen LogP contribution >= 0.6 is 0 Å². The molecule has 31 heavy (non-hydrogen) atoms. The Morgan fingerprint density at radius 2 is 1.65 bits per heavy atom. The largest absolute Gasteiger partial charge is 0.368 e. The molecule has 2 amide bonds. The van der Waals surface area contributed by atoms with Crippen LogP contribution in [0.2, 0.25) is 0 Å². The van der Waals surface area contributed by atoms with Gasteiger partial charge in [0.25, 0.3) is 5.56 Å². The molecule has 4 rings (SSSR count). The van der Waals surface area contributed by atoms with Gasteiger partial charge in [-0.2, -0.15) is 0 Å². The number of carbonyl (C=O) groups excluding carboxylic acids is 2. The summed E-state index contributed by atoms with van der Waals surface area (Å²) in [6, 6.07) is 17.3. The van der Waals surface area contributed by atoms with Gasteiger partial charge < -0.3 is 15.1 Å². The van der Waals surface area contributed by atoms with Crippen LogP contribution in [0.25, 0.3) is 11.0 Å². The number of fused-ring (bicyclic) bond motifs is 1. The van der Waals surface area contributed by atoms with Gasteiger partial charge in [-0.15, -0.1) is 0 Å². The third-order valence-electron chi connectivity index (χ3n) is 5.47. The molecular formula is C23H25N5O3. The Morgan fingerprint density at radius 3 is 2.42 bits per heavy atom. The zero-order valence-electron chi connectivity index (χ0n) is 17.2. The Balaban J connectivity index is 1.25. The van der Waals surface area contributed by atoms with E-state index in [4.69, 9.17) is 0 Å². The quantitative estimate of drug-likeness (QED) is 0.650. The normalized spacial score (nSPS) is 13.9. The van der Waals surface area contributed by atoms with E-state index < -0.39 is 0 Å². The molecule has 2 heterocycles. The van der Waals surface area contributed by atoms with Gasteiger partial charge in [0, 0.05) is 44.8 Å². The molecule has 0 saturated carbocycles. The molecule has 0 unspecified atom stereocenters. The summed E-state index contributed by atoms with van der Waals surface area (Å²) in [5.74, 6) is -0.278. The van der Waals surface area contributed by atoms with Crippen LogP contribution in [0.1, 0.15) is 6.42 Å². The van der Waals surface area contributed by atoms with Crippen molar-refractivity contribution in [1.29, 1.82) is 0 Å². The average molecular weight is 419 g/mol. The van der Waals surface area contributed by atoms with Gasteiger partial charge >= 0.3 is 0 Å². The first-order chi connectivity index (χ1) is 15.1. The molecular weight excluding hydrogens is 394 g/mol. The third-order valence-corrected chi connectivity index (χ3v) is 5.47. The van der Waals surface area contributed by atoms with Crippen LogP contribution in [-0.4, -0.2) is 59.0 Å². The lowest BCUT2D eigenvalue weighted by molar-refractivity contribution is -0.131. The van der Waals surface area contributed by atoms with Crippen molar-refractivity contribution in [3.05, 3.63) is 71.1 Å². The van der Waals surface area contributed by atoms with Crippen molar-refractivity contribution in [3.8, 4) is 0 Å². The smallest absolute Gasteiger partial charge is 0.269 e. The van der Waals surface area contributed by atoms with Crippen molar-refractivity contribution in [1.82, 2.24) is 19.8 Å². The number of nitrogens with zero attached hydrogens (tertiary/aromatic N) is 4. The summed E-state index contributed by atoms with van der Waals surface area (Å²) in [5, 5.41) is 2.75. The van der Waals surface area contributed by atoms with Gasteiger partial charge in [-0.1, -0.05) is 30.3 Å². The van der Waals surface area contributed by atoms with Crippen LogP contribution in [0.4, 0.5) is 5.69 Å². The first-order valence-corrected chi connectivity index (χ1v) is 10.4. The molecule has 1 aliphatic rings. The molecule has 2 aromatic carbocycles. The fourth-order valence-electron chi connectivity index (χ4n) is 3.80. The van der Waals surface area contributed by atoms with E-state index in [0.29, 0.717) is 24.1 Å². The van der Waals surface area contributed by atoms with Gasteiger partial charge in [0.15, 0.2) is 0 Å². The second-order valence-electron chi connectivity index (χ2n) is 7.47. The monoisotopic (exact) mass is 419 g/mol. The summed E-state index contributed by atoms with van der Waals surface area (Å²) in [6.07, 6.45) is 1.46. The summed E-state index contributed by atoms with van der Waals surface area (Å²) in [6.45, 7) is 3.06. The zero-order valence-corrected chi connectivity index (χ0v) is 17.2. The maximum Gasteiger partial charge on any atom is 0.269 e. The van der Waals surface area contributed by atoms with Crippen molar-refractivity contribution < 1.29 is 9.59 Å². The van der Waals surface area contributed by atoms with E-state index in [2.05, 4.69) is 27.3 Å². The number of nitrogens with one attached hydrogen (secondary N) is 1. The number of piperazine rings is 1. The summed E-state index contributed by atoms with van der Waals surface area (Å²) < 4.78 is 1.39. The Morgan fingerprint density at radius 1 is 0.935 bits per heavy atom. The van der Waals surface area contributed by atoms with Crippen molar-refractivity contribution in [2.24, 2.45) is 0 Å². The number of hydrogen-bond acceptors (Lipinski definition) is 5. The highest BCUT2D eigenvalue weighted by molar-refractivity contribution is 5.81. The molecule has 1 saturated heterocycles. The lowest BCUT2D eigenvalue weighted by Crippen LogP contribution is -2.49. The van der Waals surface area contributed by atoms with Crippen LogP contribution in [0.3, 0.4) is 0 Å². The number of hydrogen-bond donors (Lipinski definition) is 1. The summed E-state index contributed by atoms with van der Waals surface area (Å²) in [4.78, 5) is 45.2. The lowest BCUT2D eigenvalue weighted by atomic mass is 10.2. The van der Waals surface area contributed by atoms with Gasteiger partial charge in [-0.25, -0.2) is 4.98 Å². The highest BCUT2D eigenvalue weighted by atomic mass is 16.2. The standard InChI is InChI=1S/C23H25N5O3/c29-21(17-28-20-9-5-4-8-19(20)25-16-23(28)31)24-11-10-22(30)27-14-12-26(13-15-27)18-6-2-1-3-7-18/h1-9,16H,10-15,17H2,(H,24,29). The first kappa shape index (κ1) is 20.6. The highest BCUT2D eigenvalue weighted by Crippen LogP contribution is 2.15. The molecule has 0 radical (unpaired) electrons. The average Bonchev–Trinajstić information content (AvgIpc) is 2.81.